The normalized spacial score (nSPS) is 13.9. The molecule has 0 aliphatic carbocycles. The first-order valence-electron chi connectivity index (χ1n) is 14.2. The molecule has 3 aromatic heterocycles. The van der Waals surface area contributed by atoms with Gasteiger partial charge in [0, 0.05) is 55.9 Å². The van der Waals surface area contributed by atoms with Crippen molar-refractivity contribution in [2.75, 3.05) is 38.0 Å². The van der Waals surface area contributed by atoms with Gasteiger partial charge in [0.05, 0.1) is 30.4 Å². The molecule has 1 aliphatic heterocycles. The molecule has 0 atom stereocenters. The largest absolute Gasteiger partial charge is 0.338 e. The van der Waals surface area contributed by atoms with Gasteiger partial charge in [0.15, 0.2) is 5.82 Å². The number of nitriles is 2. The van der Waals surface area contributed by atoms with Crippen molar-refractivity contribution in [3.05, 3.63) is 96.9 Å². The number of fused-ring (bicyclic) bond motifs is 2. The van der Waals surface area contributed by atoms with Gasteiger partial charge in [-0.3, -0.25) is 9.58 Å². The summed E-state index contributed by atoms with van der Waals surface area (Å²) in [5, 5.41) is 29.9. The monoisotopic (exact) mass is 576 g/mol. The van der Waals surface area contributed by atoms with Gasteiger partial charge < -0.3 is 10.2 Å². The number of nitrogens with zero attached hydrogens (tertiary/aromatic N) is 9. The van der Waals surface area contributed by atoms with E-state index in [1.54, 1.807) is 18.5 Å². The molecule has 218 valence electrons. The van der Waals surface area contributed by atoms with Gasteiger partial charge >= 0.3 is 0 Å². The van der Waals surface area contributed by atoms with Crippen LogP contribution in [0.15, 0.2) is 79.9 Å². The first-order valence-corrected chi connectivity index (χ1v) is 14.2. The highest BCUT2D eigenvalue weighted by molar-refractivity contribution is 5.85. The molecule has 43 heavy (non-hydrogen) atoms. The summed E-state index contributed by atoms with van der Waals surface area (Å²) in [5.41, 5.74) is 4.89. The first kappa shape index (κ1) is 29.4. The molecule has 4 heterocycles. The summed E-state index contributed by atoms with van der Waals surface area (Å²) in [6, 6.07) is 18.8. The van der Waals surface area contributed by atoms with Gasteiger partial charge in [0.25, 0.3) is 0 Å². The highest BCUT2D eigenvalue weighted by Gasteiger charge is 2.18. The number of hydrogen-bond acceptors (Lipinski definition) is 8. The van der Waals surface area contributed by atoms with Gasteiger partial charge in [-0.1, -0.05) is 18.7 Å². The molecule has 1 aliphatic rings. The van der Waals surface area contributed by atoms with Crippen molar-refractivity contribution in [3.63, 3.8) is 0 Å². The lowest BCUT2D eigenvalue weighted by Gasteiger charge is -2.21. The Kier molecular flexibility index (Phi) is 9.70. The molecule has 5 aromatic rings. The Bertz CT molecular complexity index is 1780. The quantitative estimate of drug-likeness (QED) is 0.253. The van der Waals surface area contributed by atoms with E-state index in [1.807, 2.05) is 39.8 Å². The Balaban J connectivity index is 0.000000868. The molecule has 6 rings (SSSR count). The SMILES string of the molecule is C=CC#N.N#CCCN1CCCN(Cc2ccn3ncnc(Nc4ccc5c(cnn5Cc5cccc(F)c5)c4)c23)CC1. The van der Waals surface area contributed by atoms with Crippen LogP contribution in [0.4, 0.5) is 15.9 Å². The maximum Gasteiger partial charge on any atom is 0.158 e. The second-order valence-electron chi connectivity index (χ2n) is 10.3. The van der Waals surface area contributed by atoms with Gasteiger partial charge in [-0.2, -0.15) is 20.7 Å². The first-order chi connectivity index (χ1) is 21.1. The third kappa shape index (κ3) is 7.41. The van der Waals surface area contributed by atoms with Crippen LogP contribution in [0.5, 0.6) is 0 Å². The van der Waals surface area contributed by atoms with E-state index in [4.69, 9.17) is 10.5 Å². The molecule has 0 amide bonds. The summed E-state index contributed by atoms with van der Waals surface area (Å²) < 4.78 is 17.4. The van der Waals surface area contributed by atoms with Crippen molar-refractivity contribution in [2.24, 2.45) is 0 Å². The number of allylic oxidation sites excluding steroid dienone is 1. The van der Waals surface area contributed by atoms with Gasteiger partial charge in [-0.15, -0.1) is 0 Å². The van der Waals surface area contributed by atoms with Crippen LogP contribution in [-0.2, 0) is 13.1 Å². The Hall–Kier alpha value is -5.10. The summed E-state index contributed by atoms with van der Waals surface area (Å²) in [6.07, 6.45) is 8.22. The summed E-state index contributed by atoms with van der Waals surface area (Å²) in [4.78, 5) is 9.44. The van der Waals surface area contributed by atoms with Gasteiger partial charge in [0.1, 0.15) is 17.7 Å². The molecule has 0 saturated carbocycles. The van der Waals surface area contributed by atoms with Crippen molar-refractivity contribution in [1.82, 2.24) is 34.2 Å². The van der Waals surface area contributed by atoms with E-state index in [0.29, 0.717) is 13.0 Å². The molecule has 0 unspecified atom stereocenters. The van der Waals surface area contributed by atoms with E-state index < -0.39 is 0 Å². The highest BCUT2D eigenvalue weighted by atomic mass is 19.1. The lowest BCUT2D eigenvalue weighted by atomic mass is 10.2. The molecule has 1 N–H and O–H groups in total. The molecule has 1 fully saturated rings. The molecule has 1 saturated heterocycles. The van der Waals surface area contributed by atoms with Crippen molar-refractivity contribution in [1.29, 1.82) is 10.5 Å². The van der Waals surface area contributed by atoms with E-state index in [0.717, 1.165) is 79.2 Å². The Morgan fingerprint density at radius 2 is 1.84 bits per heavy atom. The predicted molar refractivity (Wildman–Crippen MR) is 164 cm³/mol. The third-order valence-electron chi connectivity index (χ3n) is 7.37. The van der Waals surface area contributed by atoms with Gasteiger partial charge in [0.2, 0.25) is 0 Å². The van der Waals surface area contributed by atoms with Gasteiger partial charge in [-0.25, -0.2) is 13.9 Å². The van der Waals surface area contributed by atoms with Crippen LogP contribution in [-0.4, -0.2) is 66.9 Å². The maximum absolute atomic E-state index is 13.6. The Morgan fingerprint density at radius 3 is 2.65 bits per heavy atom. The van der Waals surface area contributed by atoms with Crippen molar-refractivity contribution in [2.45, 2.75) is 25.9 Å². The fourth-order valence-electron chi connectivity index (χ4n) is 5.33. The number of halogens is 1. The standard InChI is InChI=1S/C29H30FN9.C3H3N/c30-25-5-1-4-22(16-25)19-39-27-7-6-26(17-24(27)18-33-39)35-29-28-23(8-13-38(28)34-21-32-29)20-37-12-3-11-36(14-15-37)10-2-9-31;1-2-3-4/h1,4-8,13,16-18,21H,2-3,10-12,14-15,19-20H2,(H,32,34,35);2H,1H2. The lowest BCUT2D eigenvalue weighted by molar-refractivity contribution is 0.255. The zero-order valence-electron chi connectivity index (χ0n) is 23.9. The maximum atomic E-state index is 13.6. The van der Waals surface area contributed by atoms with E-state index in [1.165, 1.54) is 23.8 Å². The summed E-state index contributed by atoms with van der Waals surface area (Å²) in [7, 11) is 0. The topological polar surface area (TPSA) is 114 Å². The van der Waals surface area contributed by atoms with Crippen LogP contribution in [0.3, 0.4) is 0 Å². The molecule has 0 bridgehead atoms. The number of hydrogen-bond donors (Lipinski definition) is 1. The van der Waals surface area contributed by atoms with E-state index >= 15 is 0 Å². The third-order valence-corrected chi connectivity index (χ3v) is 7.37. The average Bonchev–Trinajstić information content (AvgIpc) is 3.54. The van der Waals surface area contributed by atoms with Crippen LogP contribution in [0.1, 0.15) is 24.0 Å². The molecule has 11 heteroatoms. The number of nitrogens with one attached hydrogen (secondary N) is 1. The summed E-state index contributed by atoms with van der Waals surface area (Å²) in [5.74, 6) is 0.506. The van der Waals surface area contributed by atoms with Crippen LogP contribution in [0.2, 0.25) is 0 Å². The summed E-state index contributed by atoms with van der Waals surface area (Å²) >= 11 is 0. The molecule has 2 aromatic carbocycles. The smallest absolute Gasteiger partial charge is 0.158 e. The van der Waals surface area contributed by atoms with E-state index in [9.17, 15) is 4.39 Å². The number of aromatic nitrogens is 5. The molecular formula is C32H33FN10. The molecule has 0 spiro atoms. The summed E-state index contributed by atoms with van der Waals surface area (Å²) in [6.45, 7) is 9.27. The van der Waals surface area contributed by atoms with E-state index in [2.05, 4.69) is 55.1 Å². The number of anilines is 2. The minimum Gasteiger partial charge on any atom is -0.338 e. The Labute approximate surface area is 249 Å². The van der Waals surface area contributed by atoms with Crippen LogP contribution >= 0.6 is 0 Å². The van der Waals surface area contributed by atoms with Crippen molar-refractivity contribution in [3.8, 4) is 12.1 Å². The second kappa shape index (κ2) is 14.2. The van der Waals surface area contributed by atoms with Crippen molar-refractivity contribution >= 4 is 27.9 Å². The zero-order chi connectivity index (χ0) is 30.0. The van der Waals surface area contributed by atoms with Crippen LogP contribution < -0.4 is 5.32 Å². The predicted octanol–water partition coefficient (Wildman–Crippen LogP) is 5.13. The fourth-order valence-corrected chi connectivity index (χ4v) is 5.33. The number of rotatable bonds is 8. The fraction of sp³-hybridized carbons (Fsp3) is 0.281. The van der Waals surface area contributed by atoms with Crippen molar-refractivity contribution < 1.29 is 4.39 Å². The molecular weight excluding hydrogens is 543 g/mol. The highest BCUT2D eigenvalue weighted by Crippen LogP contribution is 2.27. The van der Waals surface area contributed by atoms with Crippen LogP contribution in [0.25, 0.3) is 16.4 Å². The minimum absolute atomic E-state index is 0.246. The average molecular weight is 577 g/mol. The lowest BCUT2D eigenvalue weighted by Crippen LogP contribution is -2.31. The second-order valence-corrected chi connectivity index (χ2v) is 10.3. The van der Waals surface area contributed by atoms with Gasteiger partial charge in [-0.05, 0) is 67.0 Å². The molecule has 10 nitrogen and oxygen atoms in total. The Morgan fingerprint density at radius 1 is 1.00 bits per heavy atom. The van der Waals surface area contributed by atoms with E-state index in [-0.39, 0.29) is 5.82 Å². The zero-order valence-corrected chi connectivity index (χ0v) is 23.9. The number of benzene rings is 2. The minimum atomic E-state index is -0.246. The molecule has 0 radical (unpaired) electrons. The van der Waals surface area contributed by atoms with Crippen LogP contribution in [0, 0.1) is 28.5 Å².